The minimum atomic E-state index is -0.120. The van der Waals surface area contributed by atoms with Crippen LogP contribution in [0, 0.1) is 0 Å². The average Bonchev–Trinajstić information content (AvgIpc) is 3.22. The summed E-state index contributed by atoms with van der Waals surface area (Å²) in [5.41, 5.74) is 10.8. The van der Waals surface area contributed by atoms with E-state index in [1.807, 2.05) is 6.20 Å². The summed E-state index contributed by atoms with van der Waals surface area (Å²) in [6.07, 6.45) is 1.93. The molecule has 6 aromatic rings. The lowest BCUT2D eigenvalue weighted by Crippen LogP contribution is -2.17. The third kappa shape index (κ3) is 1.94. The van der Waals surface area contributed by atoms with Gasteiger partial charge >= 0.3 is 0 Å². The minimum Gasteiger partial charge on any atom is -0.260 e. The van der Waals surface area contributed by atoms with Gasteiger partial charge in [0.2, 0.25) is 0 Å². The van der Waals surface area contributed by atoms with Crippen molar-refractivity contribution >= 4 is 32.3 Å². The molecule has 8 rings (SSSR count). The van der Waals surface area contributed by atoms with Crippen molar-refractivity contribution in [2.75, 3.05) is 0 Å². The Labute approximate surface area is 199 Å². The number of pyridine rings is 1. The SMILES string of the molecule is CC1(C)c2ccccc2-c2c1cc1ccc3cc4c(c5ccc2c1c35)C(C)(C)c1ncccc1-4. The second-order valence-corrected chi connectivity index (χ2v) is 11.2. The summed E-state index contributed by atoms with van der Waals surface area (Å²) in [4.78, 5) is 4.83. The largest absolute Gasteiger partial charge is 0.260 e. The highest BCUT2D eigenvalue weighted by molar-refractivity contribution is 6.28. The highest BCUT2D eigenvalue weighted by Crippen LogP contribution is 2.56. The molecule has 34 heavy (non-hydrogen) atoms. The smallest absolute Gasteiger partial charge is 0.0582 e. The summed E-state index contributed by atoms with van der Waals surface area (Å²) in [7, 11) is 0. The molecule has 0 bridgehead atoms. The van der Waals surface area contributed by atoms with E-state index in [9.17, 15) is 0 Å². The molecule has 162 valence electrons. The first-order chi connectivity index (χ1) is 16.4. The fourth-order valence-corrected chi connectivity index (χ4v) is 7.25. The number of hydrogen-bond donors (Lipinski definition) is 0. The number of fused-ring (bicyclic) bond motifs is 8. The number of hydrogen-bond acceptors (Lipinski definition) is 1. The Hall–Kier alpha value is -3.71. The van der Waals surface area contributed by atoms with Gasteiger partial charge in [-0.3, -0.25) is 4.98 Å². The fraction of sp³-hybridized carbons (Fsp3) is 0.182. The number of rotatable bonds is 0. The van der Waals surface area contributed by atoms with Crippen LogP contribution in [0.1, 0.15) is 50.1 Å². The van der Waals surface area contributed by atoms with E-state index >= 15 is 0 Å². The average molecular weight is 436 g/mol. The van der Waals surface area contributed by atoms with E-state index in [0.29, 0.717) is 0 Å². The lowest BCUT2D eigenvalue weighted by atomic mass is 9.78. The van der Waals surface area contributed by atoms with Crippen LogP contribution in [-0.4, -0.2) is 4.98 Å². The Bertz CT molecular complexity index is 1850. The lowest BCUT2D eigenvalue weighted by Gasteiger charge is -2.25. The standard InChI is InChI=1S/C33H25N/c1-32(2)25-10-6-5-8-21(25)29-22-13-14-23-28-18(11-12-19(27(22)28)17-26(29)32)16-24-20-9-7-15-34-31(20)33(3,4)30(23)24/h5-17H,1-4H3. The van der Waals surface area contributed by atoms with Gasteiger partial charge in [-0.2, -0.15) is 0 Å². The first-order valence-electron chi connectivity index (χ1n) is 12.2. The predicted molar refractivity (Wildman–Crippen MR) is 143 cm³/mol. The summed E-state index contributed by atoms with van der Waals surface area (Å²) in [6, 6.07) is 27.6. The van der Waals surface area contributed by atoms with E-state index < -0.39 is 0 Å². The Morgan fingerprint density at radius 2 is 1.29 bits per heavy atom. The molecule has 0 atom stereocenters. The molecule has 1 aromatic heterocycles. The van der Waals surface area contributed by atoms with Crippen LogP contribution in [0.2, 0.25) is 0 Å². The van der Waals surface area contributed by atoms with Gasteiger partial charge in [-0.05, 0) is 83.9 Å². The van der Waals surface area contributed by atoms with Gasteiger partial charge < -0.3 is 0 Å². The van der Waals surface area contributed by atoms with Crippen LogP contribution >= 0.6 is 0 Å². The van der Waals surface area contributed by atoms with Crippen molar-refractivity contribution < 1.29 is 0 Å². The van der Waals surface area contributed by atoms with Crippen LogP contribution < -0.4 is 0 Å². The fourth-order valence-electron chi connectivity index (χ4n) is 7.25. The van der Waals surface area contributed by atoms with Crippen molar-refractivity contribution in [3.8, 4) is 22.3 Å². The highest BCUT2D eigenvalue weighted by atomic mass is 14.7. The number of nitrogens with zero attached hydrogens (tertiary/aromatic N) is 1. The summed E-state index contributed by atoms with van der Waals surface area (Å²) >= 11 is 0. The van der Waals surface area contributed by atoms with Crippen molar-refractivity contribution in [1.29, 1.82) is 0 Å². The second kappa shape index (κ2) is 5.67. The van der Waals surface area contributed by atoms with Gasteiger partial charge in [0, 0.05) is 22.6 Å². The van der Waals surface area contributed by atoms with E-state index in [4.69, 9.17) is 4.98 Å². The molecule has 0 aliphatic heterocycles. The molecule has 0 amide bonds. The summed E-state index contributed by atoms with van der Waals surface area (Å²) in [5, 5.41) is 8.24. The Kier molecular flexibility index (Phi) is 3.12. The van der Waals surface area contributed by atoms with Crippen LogP contribution in [0.15, 0.2) is 79.0 Å². The van der Waals surface area contributed by atoms with Gasteiger partial charge in [0.25, 0.3) is 0 Å². The second-order valence-electron chi connectivity index (χ2n) is 11.2. The Morgan fingerprint density at radius 3 is 2.15 bits per heavy atom. The monoisotopic (exact) mass is 435 g/mol. The quantitative estimate of drug-likeness (QED) is 0.218. The van der Waals surface area contributed by atoms with E-state index in [0.717, 1.165) is 0 Å². The van der Waals surface area contributed by atoms with Gasteiger partial charge in [-0.1, -0.05) is 82.3 Å². The van der Waals surface area contributed by atoms with E-state index in [1.54, 1.807) is 0 Å². The van der Waals surface area contributed by atoms with E-state index in [1.165, 1.54) is 77.0 Å². The molecule has 0 saturated carbocycles. The molecular weight excluding hydrogens is 410 g/mol. The van der Waals surface area contributed by atoms with Gasteiger partial charge in [-0.15, -0.1) is 0 Å². The summed E-state index contributed by atoms with van der Waals surface area (Å²) in [5.74, 6) is 0. The molecule has 0 spiro atoms. The molecule has 0 N–H and O–H groups in total. The first-order valence-corrected chi connectivity index (χ1v) is 12.2. The maximum atomic E-state index is 4.83. The van der Waals surface area contributed by atoms with Crippen molar-refractivity contribution in [2.45, 2.75) is 38.5 Å². The van der Waals surface area contributed by atoms with Crippen LogP contribution in [0.25, 0.3) is 54.6 Å². The summed E-state index contributed by atoms with van der Waals surface area (Å²) in [6.45, 7) is 9.40. The molecule has 1 heteroatoms. The predicted octanol–water partition coefficient (Wildman–Crippen LogP) is 8.59. The molecule has 0 radical (unpaired) electrons. The molecule has 0 saturated heterocycles. The van der Waals surface area contributed by atoms with Crippen molar-refractivity contribution in [3.05, 3.63) is 101 Å². The van der Waals surface area contributed by atoms with Gasteiger partial charge in [0.15, 0.2) is 0 Å². The third-order valence-corrected chi connectivity index (χ3v) is 8.76. The zero-order valence-corrected chi connectivity index (χ0v) is 20.0. The maximum Gasteiger partial charge on any atom is 0.0582 e. The van der Waals surface area contributed by atoms with E-state index in [2.05, 4.69) is 100 Å². The molecule has 2 aliphatic carbocycles. The molecule has 1 nitrogen and oxygen atoms in total. The Morgan fingerprint density at radius 1 is 0.588 bits per heavy atom. The molecular formula is C33H25N. The van der Waals surface area contributed by atoms with Crippen LogP contribution in [0.3, 0.4) is 0 Å². The molecule has 2 aliphatic rings. The molecule has 1 heterocycles. The molecule has 5 aromatic carbocycles. The van der Waals surface area contributed by atoms with Gasteiger partial charge in [0.05, 0.1) is 5.69 Å². The number of benzene rings is 5. The van der Waals surface area contributed by atoms with Crippen molar-refractivity contribution in [3.63, 3.8) is 0 Å². The van der Waals surface area contributed by atoms with Crippen LogP contribution in [0.5, 0.6) is 0 Å². The van der Waals surface area contributed by atoms with Crippen LogP contribution in [0.4, 0.5) is 0 Å². The highest BCUT2D eigenvalue weighted by Gasteiger charge is 2.40. The van der Waals surface area contributed by atoms with Crippen molar-refractivity contribution in [2.24, 2.45) is 0 Å². The third-order valence-electron chi connectivity index (χ3n) is 8.76. The van der Waals surface area contributed by atoms with Crippen LogP contribution in [-0.2, 0) is 10.8 Å². The van der Waals surface area contributed by atoms with E-state index in [-0.39, 0.29) is 10.8 Å². The summed E-state index contributed by atoms with van der Waals surface area (Å²) < 4.78 is 0. The van der Waals surface area contributed by atoms with Gasteiger partial charge in [-0.25, -0.2) is 0 Å². The molecule has 0 unspecified atom stereocenters. The minimum absolute atomic E-state index is 0.00688. The number of aromatic nitrogens is 1. The Balaban J connectivity index is 1.58. The molecule has 0 fully saturated rings. The van der Waals surface area contributed by atoms with Crippen molar-refractivity contribution in [1.82, 2.24) is 4.98 Å². The zero-order valence-electron chi connectivity index (χ0n) is 20.0. The first kappa shape index (κ1) is 18.7. The lowest BCUT2D eigenvalue weighted by molar-refractivity contribution is 0.642. The topological polar surface area (TPSA) is 12.9 Å². The van der Waals surface area contributed by atoms with Gasteiger partial charge in [0.1, 0.15) is 0 Å². The maximum absolute atomic E-state index is 4.83. The normalized spacial score (nSPS) is 16.7. The zero-order chi connectivity index (χ0) is 23.0.